The summed E-state index contributed by atoms with van der Waals surface area (Å²) >= 11 is 0. The van der Waals surface area contributed by atoms with Gasteiger partial charge in [-0.25, -0.2) is 4.79 Å². The first-order valence-electron chi connectivity index (χ1n) is 6.77. The fraction of sp³-hybridized carbons (Fsp3) is 0.438. The van der Waals surface area contributed by atoms with E-state index in [1.54, 1.807) is 0 Å². The molecule has 2 nitrogen and oxygen atoms in total. The van der Waals surface area contributed by atoms with Crippen molar-refractivity contribution >= 4 is 11.7 Å². The van der Waals surface area contributed by atoms with Crippen molar-refractivity contribution in [2.75, 3.05) is 0 Å². The van der Waals surface area contributed by atoms with E-state index in [1.807, 2.05) is 24.3 Å². The molecule has 1 saturated carbocycles. The predicted molar refractivity (Wildman–Crippen MR) is 71.0 cm³/mol. The first-order chi connectivity index (χ1) is 8.72. The van der Waals surface area contributed by atoms with E-state index < -0.39 is 0 Å². The summed E-state index contributed by atoms with van der Waals surface area (Å²) in [4.78, 5) is 11.9. The minimum atomic E-state index is -0.196. The van der Waals surface area contributed by atoms with Gasteiger partial charge in [-0.05, 0) is 42.7 Å². The van der Waals surface area contributed by atoms with Crippen LogP contribution in [-0.2, 0) is 4.74 Å². The quantitative estimate of drug-likeness (QED) is 0.744. The molecule has 2 aliphatic rings. The van der Waals surface area contributed by atoms with Crippen LogP contribution in [0, 0.1) is 5.41 Å². The third-order valence-electron chi connectivity index (χ3n) is 4.38. The van der Waals surface area contributed by atoms with Crippen molar-refractivity contribution in [3.05, 3.63) is 41.0 Å². The summed E-state index contributed by atoms with van der Waals surface area (Å²) in [6.45, 7) is 4.39. The third kappa shape index (κ3) is 1.52. The van der Waals surface area contributed by atoms with Crippen molar-refractivity contribution in [1.29, 1.82) is 0 Å². The number of ether oxygens (including phenoxy) is 1. The summed E-state index contributed by atoms with van der Waals surface area (Å²) in [5.41, 5.74) is 3.34. The number of hydrogen-bond donors (Lipinski definition) is 0. The predicted octanol–water partition coefficient (Wildman–Crippen LogP) is 4.17. The van der Waals surface area contributed by atoms with Gasteiger partial charge in [-0.1, -0.05) is 32.0 Å². The summed E-state index contributed by atoms with van der Waals surface area (Å²) in [6, 6.07) is 7.71. The standard InChI is InChI=1S/C16H18O2/c1-3-13(16(4-2)9-10-16)14-11-7-5-6-8-12(11)15(17)18-14/h5-8H,3-4,9-10H2,1-2H3/b14-13+. The van der Waals surface area contributed by atoms with Crippen molar-refractivity contribution in [3.63, 3.8) is 0 Å². The lowest BCUT2D eigenvalue weighted by atomic mass is 9.88. The molecule has 1 aromatic rings. The van der Waals surface area contributed by atoms with E-state index in [4.69, 9.17) is 4.74 Å². The molecule has 1 aliphatic heterocycles. The monoisotopic (exact) mass is 242 g/mol. The zero-order valence-corrected chi connectivity index (χ0v) is 11.0. The van der Waals surface area contributed by atoms with Crippen LogP contribution in [0.25, 0.3) is 5.76 Å². The van der Waals surface area contributed by atoms with Crippen molar-refractivity contribution in [2.45, 2.75) is 39.5 Å². The topological polar surface area (TPSA) is 26.3 Å². The van der Waals surface area contributed by atoms with Crippen LogP contribution in [0.2, 0.25) is 0 Å². The molecule has 0 saturated heterocycles. The van der Waals surface area contributed by atoms with Crippen LogP contribution >= 0.6 is 0 Å². The van der Waals surface area contributed by atoms with E-state index in [-0.39, 0.29) is 5.97 Å². The molecule has 0 atom stereocenters. The molecular formula is C16H18O2. The highest BCUT2D eigenvalue weighted by Crippen LogP contribution is 2.58. The van der Waals surface area contributed by atoms with Gasteiger partial charge in [0.2, 0.25) is 0 Å². The molecule has 0 spiro atoms. The van der Waals surface area contributed by atoms with E-state index in [9.17, 15) is 4.79 Å². The second kappa shape index (κ2) is 3.98. The number of rotatable bonds is 3. The lowest BCUT2D eigenvalue weighted by Crippen LogP contribution is -2.06. The summed E-state index contributed by atoms with van der Waals surface area (Å²) < 4.78 is 5.55. The Hall–Kier alpha value is -1.57. The highest BCUT2D eigenvalue weighted by atomic mass is 16.5. The molecule has 2 heteroatoms. The fourth-order valence-corrected chi connectivity index (χ4v) is 3.08. The van der Waals surface area contributed by atoms with Crippen molar-refractivity contribution in [3.8, 4) is 0 Å². The van der Waals surface area contributed by atoms with E-state index in [0.29, 0.717) is 11.0 Å². The molecule has 94 valence electrons. The molecule has 0 unspecified atom stereocenters. The van der Waals surface area contributed by atoms with Crippen molar-refractivity contribution in [2.24, 2.45) is 5.41 Å². The number of carbonyl (C=O) groups excluding carboxylic acids is 1. The Bertz CT molecular complexity index is 536. The number of hydrogen-bond acceptors (Lipinski definition) is 2. The van der Waals surface area contributed by atoms with Crippen LogP contribution in [0.1, 0.15) is 55.5 Å². The maximum Gasteiger partial charge on any atom is 0.344 e. The second-order valence-corrected chi connectivity index (χ2v) is 5.23. The molecule has 1 aromatic carbocycles. The van der Waals surface area contributed by atoms with E-state index in [0.717, 1.165) is 24.2 Å². The van der Waals surface area contributed by atoms with E-state index in [2.05, 4.69) is 13.8 Å². The van der Waals surface area contributed by atoms with Gasteiger partial charge < -0.3 is 4.74 Å². The van der Waals surface area contributed by atoms with E-state index >= 15 is 0 Å². The molecule has 18 heavy (non-hydrogen) atoms. The maximum atomic E-state index is 11.9. The van der Waals surface area contributed by atoms with Gasteiger partial charge in [-0.3, -0.25) is 0 Å². The van der Waals surface area contributed by atoms with Crippen molar-refractivity contribution in [1.82, 2.24) is 0 Å². The Morgan fingerprint density at radius 1 is 1.22 bits per heavy atom. The molecule has 0 amide bonds. The zero-order chi connectivity index (χ0) is 12.8. The number of carbonyl (C=O) groups is 1. The molecule has 0 aromatic heterocycles. The number of fused-ring (bicyclic) bond motifs is 1. The second-order valence-electron chi connectivity index (χ2n) is 5.23. The molecule has 0 N–H and O–H groups in total. The van der Waals surface area contributed by atoms with Crippen LogP contribution < -0.4 is 0 Å². The van der Waals surface area contributed by atoms with Gasteiger partial charge in [-0.2, -0.15) is 0 Å². The average Bonchev–Trinajstić information content (AvgIpc) is 3.12. The lowest BCUT2D eigenvalue weighted by Gasteiger charge is -2.18. The third-order valence-corrected chi connectivity index (χ3v) is 4.38. The smallest absolute Gasteiger partial charge is 0.344 e. The molecule has 1 aliphatic carbocycles. The highest BCUT2D eigenvalue weighted by Gasteiger charge is 2.46. The van der Waals surface area contributed by atoms with Crippen LogP contribution in [0.4, 0.5) is 0 Å². The van der Waals surface area contributed by atoms with Gasteiger partial charge in [0.05, 0.1) is 5.56 Å². The maximum absolute atomic E-state index is 11.9. The Balaban J connectivity index is 2.15. The lowest BCUT2D eigenvalue weighted by molar-refractivity contribution is 0.0713. The summed E-state index contributed by atoms with van der Waals surface area (Å²) in [7, 11) is 0. The normalized spacial score (nSPS) is 22.4. The summed E-state index contributed by atoms with van der Waals surface area (Å²) in [6.07, 6.45) is 4.57. The Morgan fingerprint density at radius 3 is 2.44 bits per heavy atom. The zero-order valence-electron chi connectivity index (χ0n) is 11.0. The van der Waals surface area contributed by atoms with Crippen LogP contribution in [0.5, 0.6) is 0 Å². The minimum absolute atomic E-state index is 0.196. The largest absolute Gasteiger partial charge is 0.422 e. The molecule has 0 radical (unpaired) electrons. The molecule has 1 fully saturated rings. The SMILES string of the molecule is CC/C(=C1\OC(=O)c2ccccc21)C1(CC)CC1. The van der Waals surface area contributed by atoms with Gasteiger partial charge in [0, 0.05) is 5.56 Å². The number of cyclic esters (lactones) is 1. The highest BCUT2D eigenvalue weighted by molar-refractivity contribution is 6.03. The van der Waals surface area contributed by atoms with Crippen LogP contribution in [-0.4, -0.2) is 5.97 Å². The Labute approximate surface area is 108 Å². The van der Waals surface area contributed by atoms with Crippen molar-refractivity contribution < 1.29 is 9.53 Å². The Kier molecular flexibility index (Phi) is 2.54. The molecule has 3 rings (SSSR count). The molecule has 0 bridgehead atoms. The first-order valence-corrected chi connectivity index (χ1v) is 6.77. The fourth-order valence-electron chi connectivity index (χ4n) is 3.08. The van der Waals surface area contributed by atoms with Gasteiger partial charge in [-0.15, -0.1) is 0 Å². The first kappa shape index (κ1) is 11.5. The average molecular weight is 242 g/mol. The number of esters is 1. The van der Waals surface area contributed by atoms with Gasteiger partial charge in [0.15, 0.2) is 0 Å². The summed E-state index contributed by atoms with van der Waals surface area (Å²) in [5, 5.41) is 0. The van der Waals surface area contributed by atoms with E-state index in [1.165, 1.54) is 18.4 Å². The van der Waals surface area contributed by atoms with Gasteiger partial charge >= 0.3 is 5.97 Å². The summed E-state index contributed by atoms with van der Waals surface area (Å²) in [5.74, 6) is 0.649. The molecular weight excluding hydrogens is 224 g/mol. The number of allylic oxidation sites excluding steroid dienone is 1. The minimum Gasteiger partial charge on any atom is -0.422 e. The van der Waals surface area contributed by atoms with Crippen LogP contribution in [0.15, 0.2) is 29.8 Å². The molecule has 1 heterocycles. The number of benzene rings is 1. The van der Waals surface area contributed by atoms with Gasteiger partial charge in [0.25, 0.3) is 0 Å². The Morgan fingerprint density at radius 2 is 1.89 bits per heavy atom. The van der Waals surface area contributed by atoms with Crippen LogP contribution in [0.3, 0.4) is 0 Å². The van der Waals surface area contributed by atoms with Gasteiger partial charge in [0.1, 0.15) is 5.76 Å².